The van der Waals surface area contributed by atoms with Crippen molar-refractivity contribution >= 4 is 17.8 Å². The minimum atomic E-state index is -0.835. The molecule has 6 nitrogen and oxygen atoms in total. The number of hydrogen-bond donors (Lipinski definition) is 2. The third kappa shape index (κ3) is 3.71. The Labute approximate surface area is 119 Å². The van der Waals surface area contributed by atoms with E-state index < -0.39 is 17.4 Å². The molecule has 2 amide bonds. The van der Waals surface area contributed by atoms with Gasteiger partial charge in [0.05, 0.1) is 5.41 Å². The number of amides is 2. The van der Waals surface area contributed by atoms with E-state index in [9.17, 15) is 19.5 Å². The Bertz CT molecular complexity index is 393. The third-order valence-corrected chi connectivity index (χ3v) is 3.86. The fourth-order valence-corrected chi connectivity index (χ4v) is 2.92. The number of nitrogens with zero attached hydrogens (tertiary/aromatic N) is 1. The second-order valence-corrected chi connectivity index (χ2v) is 5.62. The van der Waals surface area contributed by atoms with Crippen molar-refractivity contribution in [3.63, 3.8) is 0 Å². The molecule has 0 aromatic carbocycles. The number of piperidine rings is 1. The molecule has 0 bridgehead atoms. The van der Waals surface area contributed by atoms with E-state index in [1.165, 1.54) is 6.92 Å². The van der Waals surface area contributed by atoms with E-state index in [2.05, 4.69) is 5.32 Å². The van der Waals surface area contributed by atoms with E-state index in [4.69, 9.17) is 0 Å². The van der Waals surface area contributed by atoms with Crippen LogP contribution in [0.3, 0.4) is 0 Å². The third-order valence-electron chi connectivity index (χ3n) is 3.86. The summed E-state index contributed by atoms with van der Waals surface area (Å²) in [6.45, 7) is 5.73. The normalized spacial score (nSPS) is 24.1. The summed E-state index contributed by atoms with van der Waals surface area (Å²) in [7, 11) is 0. The lowest BCUT2D eigenvalue weighted by molar-refractivity contribution is -0.156. The Hall–Kier alpha value is -1.59. The second-order valence-electron chi connectivity index (χ2n) is 5.62. The van der Waals surface area contributed by atoms with Crippen LogP contribution in [0.2, 0.25) is 0 Å². The number of rotatable bonds is 5. The van der Waals surface area contributed by atoms with E-state index in [0.29, 0.717) is 25.8 Å². The molecule has 1 rings (SSSR count). The van der Waals surface area contributed by atoms with Crippen LogP contribution >= 0.6 is 0 Å². The predicted octanol–water partition coefficient (Wildman–Crippen LogP) is 1.00. The zero-order valence-corrected chi connectivity index (χ0v) is 12.4. The molecule has 1 saturated heterocycles. The maximum atomic E-state index is 12.3. The average molecular weight is 284 g/mol. The second kappa shape index (κ2) is 6.72. The maximum Gasteiger partial charge on any atom is 0.311 e. The van der Waals surface area contributed by atoms with Crippen molar-refractivity contribution in [3.8, 4) is 0 Å². The summed E-state index contributed by atoms with van der Waals surface area (Å²) >= 11 is 0. The van der Waals surface area contributed by atoms with Crippen molar-refractivity contribution in [2.75, 3.05) is 13.1 Å². The summed E-state index contributed by atoms with van der Waals surface area (Å²) < 4.78 is 0. The van der Waals surface area contributed by atoms with Crippen molar-refractivity contribution < 1.29 is 19.5 Å². The fraction of sp³-hybridized carbons (Fsp3) is 0.786. The molecule has 1 aliphatic rings. The topological polar surface area (TPSA) is 86.7 Å². The Morgan fingerprint density at radius 2 is 2.05 bits per heavy atom. The molecular weight excluding hydrogens is 260 g/mol. The summed E-state index contributed by atoms with van der Waals surface area (Å²) in [6, 6.07) is -0.612. The smallest absolute Gasteiger partial charge is 0.311 e. The Morgan fingerprint density at radius 1 is 1.40 bits per heavy atom. The van der Waals surface area contributed by atoms with Crippen LogP contribution in [-0.2, 0) is 14.4 Å². The number of carbonyl (C=O) groups excluding carboxylic acids is 2. The van der Waals surface area contributed by atoms with Crippen molar-refractivity contribution in [2.45, 2.75) is 52.5 Å². The Balaban J connectivity index is 2.79. The number of likely N-dealkylation sites (tertiary alicyclic amines) is 1. The minimum absolute atomic E-state index is 0.207. The van der Waals surface area contributed by atoms with Gasteiger partial charge < -0.3 is 15.3 Å². The highest BCUT2D eigenvalue weighted by Crippen LogP contribution is 2.35. The summed E-state index contributed by atoms with van der Waals surface area (Å²) in [5, 5.41) is 12.0. The average Bonchev–Trinajstić information content (AvgIpc) is 2.37. The quantitative estimate of drug-likeness (QED) is 0.788. The number of hydrogen-bond acceptors (Lipinski definition) is 3. The van der Waals surface area contributed by atoms with Crippen LogP contribution in [0.25, 0.3) is 0 Å². The van der Waals surface area contributed by atoms with Crippen LogP contribution in [0.4, 0.5) is 0 Å². The van der Waals surface area contributed by atoms with E-state index >= 15 is 0 Å². The van der Waals surface area contributed by atoms with Crippen molar-refractivity contribution in [1.82, 2.24) is 10.2 Å². The first-order valence-corrected chi connectivity index (χ1v) is 7.11. The number of carbonyl (C=O) groups is 3. The van der Waals surface area contributed by atoms with E-state index in [0.717, 1.165) is 6.42 Å². The molecule has 0 aromatic rings. The summed E-state index contributed by atoms with van der Waals surface area (Å²) in [5.74, 6) is -1.30. The minimum Gasteiger partial charge on any atom is -0.481 e. The first-order valence-electron chi connectivity index (χ1n) is 7.11. The summed E-state index contributed by atoms with van der Waals surface area (Å²) in [5.41, 5.74) is -0.835. The Kier molecular flexibility index (Phi) is 5.53. The highest BCUT2D eigenvalue weighted by Gasteiger charge is 2.43. The molecule has 6 heteroatoms. The van der Waals surface area contributed by atoms with Gasteiger partial charge in [0.25, 0.3) is 0 Å². The highest BCUT2D eigenvalue weighted by molar-refractivity contribution is 5.87. The molecule has 1 aliphatic heterocycles. The van der Waals surface area contributed by atoms with Crippen molar-refractivity contribution in [3.05, 3.63) is 0 Å². The van der Waals surface area contributed by atoms with Gasteiger partial charge in [0.2, 0.25) is 11.8 Å². The molecule has 0 saturated carbocycles. The Morgan fingerprint density at radius 3 is 2.55 bits per heavy atom. The van der Waals surface area contributed by atoms with Crippen LogP contribution < -0.4 is 5.32 Å². The molecule has 0 radical (unpaired) electrons. The zero-order valence-electron chi connectivity index (χ0n) is 12.4. The van der Waals surface area contributed by atoms with E-state index in [-0.39, 0.29) is 18.4 Å². The van der Waals surface area contributed by atoms with Gasteiger partial charge in [-0.15, -0.1) is 0 Å². The van der Waals surface area contributed by atoms with Gasteiger partial charge in [-0.25, -0.2) is 0 Å². The van der Waals surface area contributed by atoms with Gasteiger partial charge in [0.15, 0.2) is 0 Å². The number of aliphatic carboxylic acids is 1. The molecule has 1 heterocycles. The number of carboxylic acids is 1. The van der Waals surface area contributed by atoms with Gasteiger partial charge in [0, 0.05) is 20.0 Å². The number of carboxylic acid groups (broad SMARTS) is 1. The predicted molar refractivity (Wildman–Crippen MR) is 74.1 cm³/mol. The van der Waals surface area contributed by atoms with Crippen LogP contribution in [0.5, 0.6) is 0 Å². The zero-order chi connectivity index (χ0) is 15.3. The van der Waals surface area contributed by atoms with Crippen molar-refractivity contribution in [2.24, 2.45) is 5.41 Å². The van der Waals surface area contributed by atoms with Crippen LogP contribution in [0.15, 0.2) is 0 Å². The van der Waals surface area contributed by atoms with E-state index in [1.807, 2.05) is 6.92 Å². The highest BCUT2D eigenvalue weighted by atomic mass is 16.4. The number of nitrogens with one attached hydrogen (secondary N) is 1. The molecule has 20 heavy (non-hydrogen) atoms. The lowest BCUT2D eigenvalue weighted by atomic mass is 9.76. The van der Waals surface area contributed by atoms with Gasteiger partial charge in [0.1, 0.15) is 6.04 Å². The first-order chi connectivity index (χ1) is 9.32. The molecule has 2 unspecified atom stereocenters. The molecule has 0 aromatic heterocycles. The van der Waals surface area contributed by atoms with Crippen molar-refractivity contribution in [1.29, 1.82) is 0 Å². The molecule has 0 aliphatic carbocycles. The molecule has 0 spiro atoms. The fourth-order valence-electron chi connectivity index (χ4n) is 2.92. The van der Waals surface area contributed by atoms with Gasteiger partial charge in [-0.1, -0.05) is 13.3 Å². The molecule has 2 atom stereocenters. The lowest BCUT2D eigenvalue weighted by Crippen LogP contribution is -2.54. The van der Waals surface area contributed by atoms with Crippen LogP contribution in [0.1, 0.15) is 46.5 Å². The van der Waals surface area contributed by atoms with Gasteiger partial charge in [-0.05, 0) is 26.2 Å². The van der Waals surface area contributed by atoms with E-state index in [1.54, 1.807) is 11.8 Å². The summed E-state index contributed by atoms with van der Waals surface area (Å²) in [6.07, 6.45) is 2.63. The van der Waals surface area contributed by atoms with Crippen LogP contribution in [-0.4, -0.2) is 46.9 Å². The molecule has 114 valence electrons. The monoisotopic (exact) mass is 284 g/mol. The largest absolute Gasteiger partial charge is 0.481 e. The SMILES string of the molecule is CCCC1(C(=O)O)CCCN(C(=O)C(C)NC(C)=O)C1. The van der Waals surface area contributed by atoms with Gasteiger partial charge in [-0.3, -0.25) is 14.4 Å². The standard InChI is InChI=1S/C14H24N2O4/c1-4-6-14(13(19)20)7-5-8-16(9-14)12(18)10(2)15-11(3)17/h10H,4-9H2,1-3H3,(H,15,17)(H,19,20). The van der Waals surface area contributed by atoms with Gasteiger partial charge >= 0.3 is 5.97 Å². The maximum absolute atomic E-state index is 12.3. The first kappa shape index (κ1) is 16.5. The molecule has 2 N–H and O–H groups in total. The van der Waals surface area contributed by atoms with Crippen LogP contribution in [0, 0.1) is 5.41 Å². The molecular formula is C14H24N2O4. The molecule has 1 fully saturated rings. The summed E-state index contributed by atoms with van der Waals surface area (Å²) in [4.78, 5) is 36.4. The van der Waals surface area contributed by atoms with Gasteiger partial charge in [-0.2, -0.15) is 0 Å². The lowest BCUT2D eigenvalue weighted by Gasteiger charge is -2.40.